The van der Waals surface area contributed by atoms with E-state index in [9.17, 15) is 4.79 Å². The van der Waals surface area contributed by atoms with Gasteiger partial charge in [-0.1, -0.05) is 54.6 Å². The number of methoxy groups -OCH3 is 3. The number of carbonyl (C=O) groups excluding carboxylic acids is 1. The van der Waals surface area contributed by atoms with Crippen LogP contribution in [0.5, 0.6) is 17.2 Å². The fraction of sp³-hybridized carbons (Fsp3) is 0.327. The van der Waals surface area contributed by atoms with Crippen LogP contribution in [0.3, 0.4) is 0 Å². The van der Waals surface area contributed by atoms with E-state index in [2.05, 4.69) is 20.3 Å². The highest BCUT2D eigenvalue weighted by Crippen LogP contribution is 2.42. The van der Waals surface area contributed by atoms with Gasteiger partial charge in [-0.3, -0.25) is 0 Å². The number of benzene rings is 5. The van der Waals surface area contributed by atoms with Crippen molar-refractivity contribution in [1.82, 2.24) is 39.4 Å². The first-order valence-corrected chi connectivity index (χ1v) is 23.2. The van der Waals surface area contributed by atoms with Crippen molar-refractivity contribution in [3.63, 3.8) is 0 Å². The molecule has 0 bridgehead atoms. The molecule has 17 heteroatoms. The summed E-state index contributed by atoms with van der Waals surface area (Å²) in [6.45, 7) is 6.84. The Morgan fingerprint density at radius 2 is 1.38 bits per heavy atom. The third kappa shape index (κ3) is 10.4. The summed E-state index contributed by atoms with van der Waals surface area (Å²) < 4.78 is 55.7. The van der Waals surface area contributed by atoms with Gasteiger partial charge in [0.05, 0.1) is 49.4 Å². The molecule has 5 aromatic carbocycles. The number of anilines is 1. The van der Waals surface area contributed by atoms with Crippen LogP contribution in [0.25, 0.3) is 33.5 Å². The molecule has 344 valence electrons. The predicted octanol–water partition coefficient (Wildman–Crippen LogP) is 8.12. The number of piperidine rings is 1. The molecule has 1 amide bonds. The van der Waals surface area contributed by atoms with Gasteiger partial charge in [0.2, 0.25) is 15.8 Å². The number of amides is 1. The normalized spacial score (nSPS) is 13.6. The van der Waals surface area contributed by atoms with Crippen LogP contribution >= 0.6 is 0 Å². The van der Waals surface area contributed by atoms with Crippen molar-refractivity contribution in [2.45, 2.75) is 70.2 Å². The summed E-state index contributed by atoms with van der Waals surface area (Å²) >= 11 is 0. The number of nitrogens with two attached hydrogens (primary N) is 1. The Hall–Kier alpha value is -6.98. The number of aromatic amines is 1. The number of nitrogen functional groups attached to an aromatic ring is 1. The van der Waals surface area contributed by atoms with E-state index in [1.54, 1.807) is 26.2 Å². The average Bonchev–Trinajstić information content (AvgIpc) is 3.94. The average molecular weight is 914 g/mol. The number of likely N-dealkylation sites (tertiary alicyclic amines) is 1. The van der Waals surface area contributed by atoms with Crippen molar-refractivity contribution < 1.29 is 32.2 Å². The number of ether oxygens (including phenoxy) is 4. The zero-order chi connectivity index (χ0) is 46.6. The highest BCUT2D eigenvalue weighted by Gasteiger charge is 2.36. The third-order valence-corrected chi connectivity index (χ3v) is 13.5. The number of hydrogen-bond donors (Lipinski definition) is 2. The SMILES string of the molecule is COc1ccc(CN(Cc2ccc(OC)cc2)S(=O)(=O)c2c(CC3CCN(C(=O)OC(C)(C)C)CC3)ccc(-c3ccc4nc(N)[nH]c4c3)c2-c2nnn(Cc3ccc(OC)cc3)n2)cc1. The molecule has 0 spiro atoms. The van der Waals surface area contributed by atoms with Crippen LogP contribution in [-0.2, 0) is 40.8 Å². The van der Waals surface area contributed by atoms with Gasteiger partial charge < -0.3 is 34.6 Å². The number of tetrazole rings is 1. The quantitative estimate of drug-likeness (QED) is 0.101. The second-order valence-electron chi connectivity index (χ2n) is 17.4. The highest BCUT2D eigenvalue weighted by molar-refractivity contribution is 7.89. The lowest BCUT2D eigenvalue weighted by molar-refractivity contribution is 0.0184. The molecule has 0 unspecified atom stereocenters. The molecule has 0 radical (unpaired) electrons. The summed E-state index contributed by atoms with van der Waals surface area (Å²) in [5.74, 6) is 2.45. The second kappa shape index (κ2) is 19.2. The van der Waals surface area contributed by atoms with E-state index in [0.29, 0.717) is 82.9 Å². The lowest BCUT2D eigenvalue weighted by Gasteiger charge is -2.34. The van der Waals surface area contributed by atoms with Crippen molar-refractivity contribution in [3.05, 3.63) is 125 Å². The maximum Gasteiger partial charge on any atom is 0.410 e. The van der Waals surface area contributed by atoms with Crippen LogP contribution in [-0.4, -0.2) is 93.9 Å². The summed E-state index contributed by atoms with van der Waals surface area (Å²) in [5.41, 5.74) is 11.4. The number of fused-ring (bicyclic) bond motifs is 1. The summed E-state index contributed by atoms with van der Waals surface area (Å²) in [5, 5.41) is 14.0. The molecule has 7 aromatic rings. The first-order chi connectivity index (χ1) is 31.7. The van der Waals surface area contributed by atoms with E-state index in [-0.39, 0.29) is 48.3 Å². The maximum atomic E-state index is 16.2. The molecule has 8 rings (SSSR count). The Morgan fingerprint density at radius 1 is 0.803 bits per heavy atom. The standard InChI is InChI=1S/C49H55N9O7S/c1-49(2,3)65-48(59)56-25-23-32(24-26-56)27-37-13-21-41(36-14-22-42-43(28-36)52-47(50)51-42)44(46-53-55-58(54-46)31-35-11-19-40(64-6)20-12-35)45(37)66(60,61)57(29-33-7-15-38(62-4)16-8-33)30-34-9-17-39(63-5)18-10-34/h7-22,28,32H,23-27,29-31H2,1-6H3,(H3,50,51,52). The lowest BCUT2D eigenvalue weighted by atomic mass is 9.88. The van der Waals surface area contributed by atoms with Crippen molar-refractivity contribution in [2.75, 3.05) is 40.2 Å². The number of carbonyl (C=O) groups is 1. The van der Waals surface area contributed by atoms with Crippen LogP contribution < -0.4 is 19.9 Å². The van der Waals surface area contributed by atoms with Crippen LogP contribution in [0.2, 0.25) is 0 Å². The van der Waals surface area contributed by atoms with Crippen molar-refractivity contribution in [3.8, 4) is 39.8 Å². The molecule has 0 aliphatic carbocycles. The number of nitrogens with zero attached hydrogens (tertiary/aromatic N) is 7. The Kier molecular flexibility index (Phi) is 13.3. The van der Waals surface area contributed by atoms with Crippen LogP contribution in [0.4, 0.5) is 10.7 Å². The molecule has 3 N–H and O–H groups in total. The summed E-state index contributed by atoms with van der Waals surface area (Å²) in [4.78, 5) is 23.9. The summed E-state index contributed by atoms with van der Waals surface area (Å²) in [6.07, 6.45) is 1.33. The molecule has 1 aliphatic rings. The minimum atomic E-state index is -4.44. The Bertz CT molecular complexity index is 2850. The van der Waals surface area contributed by atoms with E-state index < -0.39 is 15.6 Å². The van der Waals surface area contributed by atoms with Crippen LogP contribution in [0.15, 0.2) is 108 Å². The largest absolute Gasteiger partial charge is 0.497 e. The lowest BCUT2D eigenvalue weighted by Crippen LogP contribution is -2.42. The van der Waals surface area contributed by atoms with Gasteiger partial charge in [0, 0.05) is 26.2 Å². The zero-order valence-electron chi connectivity index (χ0n) is 38.0. The fourth-order valence-electron chi connectivity index (χ4n) is 8.23. The van der Waals surface area contributed by atoms with Crippen LogP contribution in [0, 0.1) is 5.92 Å². The maximum absolute atomic E-state index is 16.2. The van der Waals surface area contributed by atoms with E-state index in [4.69, 9.17) is 29.8 Å². The zero-order valence-corrected chi connectivity index (χ0v) is 38.8. The number of aromatic nitrogens is 6. The minimum absolute atomic E-state index is 0.0344. The van der Waals surface area contributed by atoms with Crippen LogP contribution in [0.1, 0.15) is 55.9 Å². The van der Waals surface area contributed by atoms with Crippen molar-refractivity contribution in [2.24, 2.45) is 5.92 Å². The number of sulfonamides is 1. The van der Waals surface area contributed by atoms with Gasteiger partial charge in [0.15, 0.2) is 5.95 Å². The van der Waals surface area contributed by atoms with Gasteiger partial charge in [-0.2, -0.15) is 9.10 Å². The monoisotopic (exact) mass is 913 g/mol. The molecule has 2 aromatic heterocycles. The van der Waals surface area contributed by atoms with Gasteiger partial charge in [-0.25, -0.2) is 18.2 Å². The summed E-state index contributed by atoms with van der Waals surface area (Å²) in [6, 6.07) is 31.7. The first kappa shape index (κ1) is 45.6. The Balaban J connectivity index is 1.29. The highest BCUT2D eigenvalue weighted by atomic mass is 32.2. The number of H-pyrrole nitrogens is 1. The molecule has 0 saturated carbocycles. The number of hydrogen-bond acceptors (Lipinski definition) is 12. The topological polar surface area (TPSA) is 193 Å². The van der Waals surface area contributed by atoms with Gasteiger partial charge >= 0.3 is 6.09 Å². The molecular weight excluding hydrogens is 859 g/mol. The number of nitrogens with one attached hydrogen (secondary N) is 1. The third-order valence-electron chi connectivity index (χ3n) is 11.6. The van der Waals surface area contributed by atoms with Gasteiger partial charge in [0.25, 0.3) is 0 Å². The minimum Gasteiger partial charge on any atom is -0.497 e. The molecule has 1 saturated heterocycles. The molecule has 1 fully saturated rings. The van der Waals surface area contributed by atoms with E-state index >= 15 is 8.42 Å². The molecule has 16 nitrogen and oxygen atoms in total. The molecule has 66 heavy (non-hydrogen) atoms. The van der Waals surface area contributed by atoms with E-state index in [1.165, 1.54) is 9.10 Å². The predicted molar refractivity (Wildman–Crippen MR) is 252 cm³/mol. The fourth-order valence-corrected chi connectivity index (χ4v) is 10.1. The molecule has 1 aliphatic heterocycles. The second-order valence-corrected chi connectivity index (χ2v) is 19.3. The van der Waals surface area contributed by atoms with Gasteiger partial charge in [-0.15, -0.1) is 10.2 Å². The van der Waals surface area contributed by atoms with Gasteiger partial charge in [0.1, 0.15) is 22.8 Å². The Labute approximate surface area is 384 Å². The summed E-state index contributed by atoms with van der Waals surface area (Å²) in [7, 11) is 0.346. The van der Waals surface area contributed by atoms with Gasteiger partial charge in [-0.05, 0) is 133 Å². The Morgan fingerprint density at radius 3 is 1.94 bits per heavy atom. The molecule has 3 heterocycles. The number of rotatable bonds is 15. The van der Waals surface area contributed by atoms with E-state index in [0.717, 1.165) is 16.7 Å². The molecule has 0 atom stereocenters. The van der Waals surface area contributed by atoms with Crippen molar-refractivity contribution >= 4 is 33.1 Å². The smallest absolute Gasteiger partial charge is 0.410 e. The van der Waals surface area contributed by atoms with Crippen molar-refractivity contribution in [1.29, 1.82) is 0 Å². The number of imidazole rings is 1. The van der Waals surface area contributed by atoms with E-state index in [1.807, 2.05) is 124 Å². The first-order valence-electron chi connectivity index (χ1n) is 21.8. The molecular formula is C49H55N9O7S.